The molecule has 2 N–H and O–H groups in total. The third-order valence-corrected chi connectivity index (χ3v) is 2.47. The zero-order valence-electron chi connectivity index (χ0n) is 11.6. The molecule has 0 aromatic heterocycles. The van der Waals surface area contributed by atoms with Gasteiger partial charge in [0.1, 0.15) is 0 Å². The molecule has 100 valence electrons. The molecular formula is C13H30O3. The number of rotatable bonds is 7. The normalized spacial score (nSPS) is 12.6. The lowest BCUT2D eigenvalue weighted by molar-refractivity contribution is -0.0188. The van der Waals surface area contributed by atoms with Crippen molar-refractivity contribution in [2.24, 2.45) is 0 Å². The smallest absolute Gasteiger partial charge is 0.0742 e. The number of aliphatic hydroxyl groups is 2. The van der Waals surface area contributed by atoms with Gasteiger partial charge in [-0.1, -0.05) is 27.7 Å². The molecule has 0 spiro atoms. The van der Waals surface area contributed by atoms with Crippen molar-refractivity contribution < 1.29 is 14.9 Å². The fourth-order valence-electron chi connectivity index (χ4n) is 1.23. The first-order valence-corrected chi connectivity index (χ1v) is 6.49. The number of hydrogen-bond acceptors (Lipinski definition) is 3. The van der Waals surface area contributed by atoms with E-state index in [4.69, 9.17) is 14.9 Å². The lowest BCUT2D eigenvalue weighted by Gasteiger charge is -2.20. The summed E-state index contributed by atoms with van der Waals surface area (Å²) in [7, 11) is 0. The van der Waals surface area contributed by atoms with Crippen molar-refractivity contribution in [1.29, 1.82) is 0 Å². The molecule has 0 bridgehead atoms. The minimum Gasteiger partial charge on any atom is -0.394 e. The van der Waals surface area contributed by atoms with Crippen LogP contribution in [0.2, 0.25) is 0 Å². The molecule has 1 atom stereocenters. The third kappa shape index (κ3) is 12.0. The summed E-state index contributed by atoms with van der Waals surface area (Å²) >= 11 is 0. The SMILES string of the molecule is CC(O)CO.CCC(CC)OC(CC)CC. The van der Waals surface area contributed by atoms with Gasteiger partial charge in [0, 0.05) is 0 Å². The van der Waals surface area contributed by atoms with Crippen LogP contribution in [-0.4, -0.2) is 35.1 Å². The fraction of sp³-hybridized carbons (Fsp3) is 1.00. The van der Waals surface area contributed by atoms with Gasteiger partial charge in [0.15, 0.2) is 0 Å². The Kier molecular flexibility index (Phi) is 14.8. The van der Waals surface area contributed by atoms with E-state index >= 15 is 0 Å². The highest BCUT2D eigenvalue weighted by molar-refractivity contribution is 4.58. The van der Waals surface area contributed by atoms with Gasteiger partial charge in [-0.05, 0) is 32.6 Å². The van der Waals surface area contributed by atoms with E-state index in [2.05, 4.69) is 27.7 Å². The minimum atomic E-state index is -0.560. The average molecular weight is 234 g/mol. The molecule has 16 heavy (non-hydrogen) atoms. The van der Waals surface area contributed by atoms with Crippen LogP contribution in [0, 0.1) is 0 Å². The van der Waals surface area contributed by atoms with Crippen LogP contribution in [-0.2, 0) is 4.74 Å². The predicted molar refractivity (Wildman–Crippen MR) is 68.6 cm³/mol. The highest BCUT2D eigenvalue weighted by Crippen LogP contribution is 2.11. The van der Waals surface area contributed by atoms with E-state index in [1.165, 1.54) is 6.92 Å². The summed E-state index contributed by atoms with van der Waals surface area (Å²) in [6.45, 7) is 10.2. The van der Waals surface area contributed by atoms with Crippen molar-refractivity contribution in [2.75, 3.05) is 6.61 Å². The average Bonchev–Trinajstić information content (AvgIpc) is 2.31. The summed E-state index contributed by atoms with van der Waals surface area (Å²) in [5.41, 5.74) is 0. The molecule has 3 heteroatoms. The maximum Gasteiger partial charge on any atom is 0.0742 e. The number of aliphatic hydroxyl groups excluding tert-OH is 2. The fourth-order valence-corrected chi connectivity index (χ4v) is 1.23. The standard InChI is InChI=1S/C10H22O.C3H8O2/c1-5-9(6-2)11-10(7-3)8-4;1-3(5)2-4/h9-10H,5-8H2,1-4H3;3-5H,2H2,1H3. The van der Waals surface area contributed by atoms with E-state index in [0.717, 1.165) is 25.7 Å². The van der Waals surface area contributed by atoms with Crippen LogP contribution in [0.1, 0.15) is 60.3 Å². The Morgan fingerprint density at radius 2 is 1.12 bits per heavy atom. The van der Waals surface area contributed by atoms with Gasteiger partial charge < -0.3 is 14.9 Å². The van der Waals surface area contributed by atoms with Crippen molar-refractivity contribution in [2.45, 2.75) is 78.6 Å². The molecule has 0 radical (unpaired) electrons. The number of ether oxygens (including phenoxy) is 1. The van der Waals surface area contributed by atoms with E-state index in [-0.39, 0.29) is 6.61 Å². The van der Waals surface area contributed by atoms with E-state index in [0.29, 0.717) is 12.2 Å². The molecular weight excluding hydrogens is 204 g/mol. The summed E-state index contributed by atoms with van der Waals surface area (Å²) < 4.78 is 5.85. The molecule has 0 amide bonds. The zero-order chi connectivity index (χ0) is 13.0. The topological polar surface area (TPSA) is 49.7 Å². The highest BCUT2D eigenvalue weighted by Gasteiger charge is 2.09. The third-order valence-electron chi connectivity index (χ3n) is 2.47. The molecule has 0 heterocycles. The van der Waals surface area contributed by atoms with E-state index in [1.54, 1.807) is 0 Å². The molecule has 0 rings (SSSR count). The Morgan fingerprint density at radius 1 is 0.875 bits per heavy atom. The molecule has 1 unspecified atom stereocenters. The first-order chi connectivity index (χ1) is 7.55. The Morgan fingerprint density at radius 3 is 1.25 bits per heavy atom. The van der Waals surface area contributed by atoms with Gasteiger partial charge >= 0.3 is 0 Å². The Balaban J connectivity index is 0. The van der Waals surface area contributed by atoms with Crippen LogP contribution < -0.4 is 0 Å². The highest BCUT2D eigenvalue weighted by atomic mass is 16.5. The second kappa shape index (κ2) is 12.9. The lowest BCUT2D eigenvalue weighted by Crippen LogP contribution is -2.19. The Bertz CT molecular complexity index is 108. The molecule has 3 nitrogen and oxygen atoms in total. The van der Waals surface area contributed by atoms with Gasteiger partial charge in [-0.25, -0.2) is 0 Å². The molecule has 0 aliphatic heterocycles. The van der Waals surface area contributed by atoms with Crippen LogP contribution in [0.4, 0.5) is 0 Å². The maximum atomic E-state index is 8.11. The van der Waals surface area contributed by atoms with Crippen molar-refractivity contribution in [3.63, 3.8) is 0 Å². The van der Waals surface area contributed by atoms with Gasteiger partial charge in [-0.3, -0.25) is 0 Å². The Hall–Kier alpha value is -0.120. The molecule has 0 aliphatic rings. The molecule has 0 aromatic carbocycles. The molecule has 0 aromatic rings. The first-order valence-electron chi connectivity index (χ1n) is 6.49. The van der Waals surface area contributed by atoms with Crippen molar-refractivity contribution in [3.8, 4) is 0 Å². The predicted octanol–water partition coefficient (Wildman–Crippen LogP) is 2.74. The van der Waals surface area contributed by atoms with Crippen LogP contribution in [0.3, 0.4) is 0 Å². The van der Waals surface area contributed by atoms with E-state index in [1.807, 2.05) is 0 Å². The van der Waals surface area contributed by atoms with E-state index in [9.17, 15) is 0 Å². The summed E-state index contributed by atoms with van der Waals surface area (Å²) in [6.07, 6.45) is 5.00. The number of hydrogen-bond donors (Lipinski definition) is 2. The van der Waals surface area contributed by atoms with Crippen molar-refractivity contribution in [3.05, 3.63) is 0 Å². The maximum absolute atomic E-state index is 8.11. The summed E-state index contributed by atoms with van der Waals surface area (Å²) in [4.78, 5) is 0. The van der Waals surface area contributed by atoms with Gasteiger partial charge in [0.2, 0.25) is 0 Å². The van der Waals surface area contributed by atoms with E-state index < -0.39 is 6.10 Å². The van der Waals surface area contributed by atoms with Crippen LogP contribution in [0.5, 0.6) is 0 Å². The zero-order valence-corrected chi connectivity index (χ0v) is 11.6. The van der Waals surface area contributed by atoms with Crippen LogP contribution in [0.15, 0.2) is 0 Å². The van der Waals surface area contributed by atoms with Crippen molar-refractivity contribution >= 4 is 0 Å². The summed E-state index contributed by atoms with van der Waals surface area (Å²) in [5.74, 6) is 0. The van der Waals surface area contributed by atoms with Gasteiger partial charge in [-0.15, -0.1) is 0 Å². The second-order valence-corrected chi connectivity index (χ2v) is 4.04. The lowest BCUT2D eigenvalue weighted by atomic mass is 10.2. The minimum absolute atomic E-state index is 0.139. The molecule has 0 saturated carbocycles. The summed E-state index contributed by atoms with van der Waals surface area (Å²) in [5, 5.41) is 16.0. The Labute approximate surface area is 101 Å². The van der Waals surface area contributed by atoms with Crippen LogP contribution >= 0.6 is 0 Å². The second-order valence-electron chi connectivity index (χ2n) is 4.04. The van der Waals surface area contributed by atoms with Crippen molar-refractivity contribution in [1.82, 2.24) is 0 Å². The van der Waals surface area contributed by atoms with Crippen LogP contribution in [0.25, 0.3) is 0 Å². The quantitative estimate of drug-likeness (QED) is 0.712. The van der Waals surface area contributed by atoms with Gasteiger partial charge in [0.25, 0.3) is 0 Å². The largest absolute Gasteiger partial charge is 0.394 e. The molecule has 0 fully saturated rings. The monoisotopic (exact) mass is 234 g/mol. The van der Waals surface area contributed by atoms with Gasteiger partial charge in [-0.2, -0.15) is 0 Å². The molecule has 0 saturated heterocycles. The van der Waals surface area contributed by atoms with Gasteiger partial charge in [0.05, 0.1) is 24.9 Å². The summed E-state index contributed by atoms with van der Waals surface area (Å²) in [6, 6.07) is 0. The molecule has 0 aliphatic carbocycles. The first kappa shape index (κ1) is 18.3.